The highest BCUT2D eigenvalue weighted by Gasteiger charge is 2.50. The highest BCUT2D eigenvalue weighted by Crippen LogP contribution is 2.37. The number of benzene rings is 1. The molecule has 5 atom stereocenters. The van der Waals surface area contributed by atoms with Crippen molar-refractivity contribution >= 4 is 41.3 Å². The summed E-state index contributed by atoms with van der Waals surface area (Å²) in [5.74, 6) is -1.87. The fraction of sp³-hybridized carbons (Fsp3) is 0.500. The van der Waals surface area contributed by atoms with Gasteiger partial charge in [-0.3, -0.25) is 14.4 Å². The molecular formula is C18H20ClN3O7S. The van der Waals surface area contributed by atoms with Gasteiger partial charge in [-0.15, -0.1) is 0 Å². The molecule has 1 fully saturated rings. The molecule has 162 valence electrons. The summed E-state index contributed by atoms with van der Waals surface area (Å²) < 4.78 is 21.7. The fourth-order valence-electron chi connectivity index (χ4n) is 2.82. The first kappa shape index (κ1) is 23.8. The van der Waals surface area contributed by atoms with Gasteiger partial charge in [0, 0.05) is 35.6 Å². The van der Waals surface area contributed by atoms with Crippen LogP contribution in [0.4, 0.5) is 0 Å². The lowest BCUT2D eigenvalue weighted by Crippen LogP contribution is -2.59. The van der Waals surface area contributed by atoms with E-state index in [1.807, 2.05) is 0 Å². The Balaban J connectivity index is 2.41. The maximum Gasteiger partial charge on any atom is 0.303 e. The summed E-state index contributed by atoms with van der Waals surface area (Å²) in [4.78, 5) is 38.2. The second kappa shape index (κ2) is 11.1. The van der Waals surface area contributed by atoms with E-state index < -0.39 is 47.7 Å². The summed E-state index contributed by atoms with van der Waals surface area (Å²) in [6.07, 6.45) is -3.16. The van der Waals surface area contributed by atoms with Crippen molar-refractivity contribution in [1.82, 2.24) is 0 Å². The second-order valence-corrected chi connectivity index (χ2v) is 7.87. The maximum absolute atomic E-state index is 11.7. The van der Waals surface area contributed by atoms with Crippen molar-refractivity contribution in [3.8, 4) is 0 Å². The van der Waals surface area contributed by atoms with Crippen molar-refractivity contribution in [2.24, 2.45) is 5.11 Å². The predicted molar refractivity (Wildman–Crippen MR) is 107 cm³/mol. The predicted octanol–water partition coefficient (Wildman–Crippen LogP) is 3.26. The van der Waals surface area contributed by atoms with Crippen LogP contribution in [0.1, 0.15) is 20.8 Å². The lowest BCUT2D eigenvalue weighted by atomic mass is 9.97. The van der Waals surface area contributed by atoms with Crippen molar-refractivity contribution < 1.29 is 33.3 Å². The number of hydrogen-bond acceptors (Lipinski definition) is 9. The Morgan fingerprint density at radius 3 is 2.23 bits per heavy atom. The van der Waals surface area contributed by atoms with Crippen LogP contribution in [0.3, 0.4) is 0 Å². The minimum atomic E-state index is -1.14. The summed E-state index contributed by atoms with van der Waals surface area (Å²) in [6.45, 7) is 3.33. The number of carbonyl (C=O) groups excluding carboxylic acids is 3. The van der Waals surface area contributed by atoms with Crippen LogP contribution < -0.4 is 0 Å². The van der Waals surface area contributed by atoms with Crippen molar-refractivity contribution in [3.63, 3.8) is 0 Å². The Labute approximate surface area is 181 Å². The molecule has 0 saturated carbocycles. The monoisotopic (exact) mass is 457 g/mol. The Kier molecular flexibility index (Phi) is 8.79. The molecule has 0 bridgehead atoms. The number of carbonyl (C=O) groups is 3. The van der Waals surface area contributed by atoms with Crippen molar-refractivity contribution in [2.45, 2.75) is 55.5 Å². The van der Waals surface area contributed by atoms with E-state index in [0.717, 1.165) is 4.90 Å². The van der Waals surface area contributed by atoms with E-state index in [9.17, 15) is 14.4 Å². The molecule has 1 saturated heterocycles. The molecule has 0 spiro atoms. The lowest BCUT2D eigenvalue weighted by Gasteiger charge is -2.43. The van der Waals surface area contributed by atoms with Gasteiger partial charge in [-0.1, -0.05) is 28.5 Å². The van der Waals surface area contributed by atoms with E-state index in [1.165, 1.54) is 32.5 Å². The molecule has 0 radical (unpaired) electrons. The molecule has 1 aliphatic heterocycles. The minimum absolute atomic E-state index is 0.255. The summed E-state index contributed by atoms with van der Waals surface area (Å²) in [5, 5.41) is 4.24. The third-order valence-corrected chi connectivity index (χ3v) is 5.33. The summed E-state index contributed by atoms with van der Waals surface area (Å²) in [5.41, 5.74) is 8.21. The van der Waals surface area contributed by atoms with Gasteiger partial charge in [0.2, 0.25) is 0 Å². The van der Waals surface area contributed by atoms with Crippen LogP contribution in [0.5, 0.6) is 0 Å². The zero-order valence-corrected chi connectivity index (χ0v) is 18.0. The van der Waals surface area contributed by atoms with Crippen LogP contribution in [0.15, 0.2) is 34.3 Å². The van der Waals surface area contributed by atoms with Crippen LogP contribution in [0.2, 0.25) is 5.02 Å². The second-order valence-electron chi connectivity index (χ2n) is 6.26. The molecule has 1 heterocycles. The molecule has 0 amide bonds. The van der Waals surface area contributed by atoms with E-state index in [0.29, 0.717) is 5.02 Å². The Morgan fingerprint density at radius 1 is 1.10 bits per heavy atom. The van der Waals surface area contributed by atoms with Crippen molar-refractivity contribution in [3.05, 3.63) is 39.7 Å². The first-order valence-electron chi connectivity index (χ1n) is 8.81. The van der Waals surface area contributed by atoms with Gasteiger partial charge in [0.15, 0.2) is 0 Å². The summed E-state index contributed by atoms with van der Waals surface area (Å²) >= 11 is 7.11. The van der Waals surface area contributed by atoms with Gasteiger partial charge in [0.25, 0.3) is 0 Å². The average molecular weight is 458 g/mol. The highest BCUT2D eigenvalue weighted by molar-refractivity contribution is 7.99. The van der Waals surface area contributed by atoms with Gasteiger partial charge in [-0.2, -0.15) is 0 Å². The van der Waals surface area contributed by atoms with Crippen molar-refractivity contribution in [2.75, 3.05) is 6.61 Å². The lowest BCUT2D eigenvalue weighted by molar-refractivity contribution is -0.201. The van der Waals surface area contributed by atoms with Crippen LogP contribution in [-0.2, 0) is 33.3 Å². The SMILES string of the molecule is CC(=O)OCC1O[C@H](Sc2ccc(Cl)cc2)C(OC(C)=O)C(N=[N+]=[N-])[C@H]1OC(C)=O. The van der Waals surface area contributed by atoms with E-state index in [2.05, 4.69) is 10.0 Å². The quantitative estimate of drug-likeness (QED) is 0.200. The summed E-state index contributed by atoms with van der Waals surface area (Å²) in [7, 11) is 0. The Morgan fingerprint density at radius 2 is 1.70 bits per heavy atom. The number of hydrogen-bond donors (Lipinski definition) is 0. The van der Waals surface area contributed by atoms with E-state index >= 15 is 0 Å². The molecule has 3 unspecified atom stereocenters. The minimum Gasteiger partial charge on any atom is -0.463 e. The molecule has 0 aromatic heterocycles. The Hall–Kier alpha value is -2.46. The fourth-order valence-corrected chi connectivity index (χ4v) is 4.05. The van der Waals surface area contributed by atoms with E-state index in [1.54, 1.807) is 24.3 Å². The number of thioether (sulfide) groups is 1. The third-order valence-electron chi connectivity index (χ3n) is 3.92. The van der Waals surface area contributed by atoms with Crippen LogP contribution in [0.25, 0.3) is 10.4 Å². The Bertz CT molecular complexity index is 832. The molecule has 1 aromatic rings. The molecule has 2 rings (SSSR count). The molecule has 12 heteroatoms. The normalized spacial score (nSPS) is 25.5. The van der Waals surface area contributed by atoms with Crippen LogP contribution in [-0.4, -0.2) is 54.3 Å². The van der Waals surface area contributed by atoms with Gasteiger partial charge in [0.05, 0.1) is 0 Å². The molecule has 1 aliphatic rings. The zero-order chi connectivity index (χ0) is 22.3. The number of azide groups is 1. The third kappa shape index (κ3) is 6.81. The molecule has 0 N–H and O–H groups in total. The largest absolute Gasteiger partial charge is 0.463 e. The molecule has 10 nitrogen and oxygen atoms in total. The van der Waals surface area contributed by atoms with E-state index in [4.69, 9.17) is 36.1 Å². The maximum atomic E-state index is 11.7. The first-order valence-corrected chi connectivity index (χ1v) is 10.1. The van der Waals surface area contributed by atoms with Gasteiger partial charge >= 0.3 is 17.9 Å². The first-order chi connectivity index (χ1) is 14.2. The number of ether oxygens (including phenoxy) is 4. The zero-order valence-electron chi connectivity index (χ0n) is 16.4. The highest BCUT2D eigenvalue weighted by atomic mass is 35.5. The van der Waals surface area contributed by atoms with Gasteiger partial charge in [0.1, 0.15) is 36.4 Å². The van der Waals surface area contributed by atoms with Crippen LogP contribution >= 0.6 is 23.4 Å². The number of halogens is 1. The van der Waals surface area contributed by atoms with Gasteiger partial charge in [-0.25, -0.2) is 0 Å². The molecule has 0 aliphatic carbocycles. The number of nitrogens with zero attached hydrogens (tertiary/aromatic N) is 3. The molecular weight excluding hydrogens is 438 g/mol. The number of esters is 3. The molecule has 30 heavy (non-hydrogen) atoms. The smallest absolute Gasteiger partial charge is 0.303 e. The standard InChI is InChI=1S/C18H20ClN3O7S/c1-9(23)26-8-14-16(27-10(2)24)15(21-22-20)17(28-11(3)25)18(29-14)30-13-6-4-12(19)5-7-13/h4-7,14-18H,8H2,1-3H3/t14?,15?,16-,17?,18+/m0/s1. The number of rotatable bonds is 7. The van der Waals surface area contributed by atoms with Gasteiger partial charge in [-0.05, 0) is 29.8 Å². The topological polar surface area (TPSA) is 137 Å². The summed E-state index contributed by atoms with van der Waals surface area (Å²) in [6, 6.07) is 5.72. The average Bonchev–Trinajstić information content (AvgIpc) is 2.66. The van der Waals surface area contributed by atoms with E-state index in [-0.39, 0.29) is 6.61 Å². The molecule has 1 aromatic carbocycles. The van der Waals surface area contributed by atoms with Gasteiger partial charge < -0.3 is 18.9 Å². The van der Waals surface area contributed by atoms with Crippen molar-refractivity contribution in [1.29, 1.82) is 0 Å². The van der Waals surface area contributed by atoms with Crippen LogP contribution in [0, 0.1) is 0 Å².